The number of hydrogen-bond donors (Lipinski definition) is 1. The minimum atomic E-state index is -0.00812. The molecular weight excluding hydrogens is 254 g/mol. The molecule has 1 aromatic carbocycles. The smallest absolute Gasteiger partial charge is 0.256 e. The second-order valence-corrected chi connectivity index (χ2v) is 4.77. The molecule has 0 atom stereocenters. The Morgan fingerprint density at radius 3 is 2.80 bits per heavy atom. The van der Waals surface area contributed by atoms with Gasteiger partial charge in [0.25, 0.3) is 5.91 Å². The number of rotatable bonds is 6. The first-order valence-corrected chi connectivity index (χ1v) is 7.01. The zero-order chi connectivity index (χ0) is 14.4. The highest BCUT2D eigenvalue weighted by Crippen LogP contribution is 2.13. The van der Waals surface area contributed by atoms with Crippen molar-refractivity contribution in [1.82, 2.24) is 9.91 Å². The highest BCUT2D eigenvalue weighted by atomic mass is 16.3. The maximum atomic E-state index is 12.2. The van der Waals surface area contributed by atoms with Gasteiger partial charge in [0.15, 0.2) is 0 Å². The van der Waals surface area contributed by atoms with E-state index >= 15 is 0 Å². The molecule has 0 aliphatic carbocycles. The second kappa shape index (κ2) is 7.17. The third-order valence-corrected chi connectivity index (χ3v) is 3.42. The molecule has 0 saturated carbocycles. The summed E-state index contributed by atoms with van der Waals surface area (Å²) in [6, 6.07) is 9.94. The summed E-state index contributed by atoms with van der Waals surface area (Å²) in [5, 5.41) is 14.9. The van der Waals surface area contributed by atoms with E-state index in [-0.39, 0.29) is 12.5 Å². The lowest BCUT2D eigenvalue weighted by Crippen LogP contribution is -2.38. The van der Waals surface area contributed by atoms with Crippen LogP contribution in [0.4, 0.5) is 0 Å². The van der Waals surface area contributed by atoms with Crippen molar-refractivity contribution in [2.45, 2.75) is 13.3 Å². The van der Waals surface area contributed by atoms with Crippen molar-refractivity contribution < 1.29 is 9.90 Å². The van der Waals surface area contributed by atoms with Gasteiger partial charge in [-0.05, 0) is 12.1 Å². The van der Waals surface area contributed by atoms with Crippen LogP contribution in [0.25, 0.3) is 0 Å². The standard InChI is InChI=1S/C15H21N3O2/c1-2-17(10-11-19)12-15(20)18-9-8-14(16-18)13-6-4-3-5-7-13/h3-7,19H,2,8-12H2,1H3. The summed E-state index contributed by atoms with van der Waals surface area (Å²) in [7, 11) is 0. The molecule has 1 amide bonds. The molecule has 1 aromatic rings. The number of aliphatic hydroxyl groups excluding tert-OH is 1. The van der Waals surface area contributed by atoms with E-state index in [2.05, 4.69) is 5.10 Å². The first-order valence-electron chi connectivity index (χ1n) is 7.01. The number of nitrogens with zero attached hydrogens (tertiary/aromatic N) is 3. The van der Waals surface area contributed by atoms with Crippen LogP contribution in [0, 0.1) is 0 Å². The zero-order valence-electron chi connectivity index (χ0n) is 11.8. The number of hydrogen-bond acceptors (Lipinski definition) is 4. The largest absolute Gasteiger partial charge is 0.395 e. The van der Waals surface area contributed by atoms with Gasteiger partial charge in [-0.25, -0.2) is 5.01 Å². The Hall–Kier alpha value is -1.72. The Morgan fingerprint density at radius 2 is 2.15 bits per heavy atom. The summed E-state index contributed by atoms with van der Waals surface area (Å²) in [6.07, 6.45) is 0.794. The van der Waals surface area contributed by atoms with E-state index in [9.17, 15) is 4.79 Å². The minimum Gasteiger partial charge on any atom is -0.395 e. The quantitative estimate of drug-likeness (QED) is 0.840. The Balaban J connectivity index is 1.97. The van der Waals surface area contributed by atoms with Crippen LogP contribution in [-0.4, -0.2) is 59.4 Å². The lowest BCUT2D eigenvalue weighted by Gasteiger charge is -2.20. The van der Waals surface area contributed by atoms with Crippen LogP contribution in [0.1, 0.15) is 18.9 Å². The first-order chi connectivity index (χ1) is 9.74. The lowest BCUT2D eigenvalue weighted by atomic mass is 10.1. The highest BCUT2D eigenvalue weighted by molar-refractivity contribution is 6.02. The molecule has 2 rings (SSSR count). The van der Waals surface area contributed by atoms with Gasteiger partial charge < -0.3 is 5.11 Å². The van der Waals surface area contributed by atoms with Crippen LogP contribution in [0.3, 0.4) is 0 Å². The Bertz CT molecular complexity index is 473. The molecule has 5 nitrogen and oxygen atoms in total. The van der Waals surface area contributed by atoms with Gasteiger partial charge in [0.1, 0.15) is 0 Å². The second-order valence-electron chi connectivity index (χ2n) is 4.77. The molecule has 0 spiro atoms. The fourth-order valence-corrected chi connectivity index (χ4v) is 2.23. The maximum absolute atomic E-state index is 12.2. The van der Waals surface area contributed by atoms with Crippen LogP contribution >= 0.6 is 0 Å². The molecule has 5 heteroatoms. The molecule has 1 heterocycles. The van der Waals surface area contributed by atoms with Gasteiger partial charge in [-0.2, -0.15) is 5.10 Å². The van der Waals surface area contributed by atoms with Gasteiger partial charge >= 0.3 is 0 Å². The van der Waals surface area contributed by atoms with Crippen molar-refractivity contribution >= 4 is 11.6 Å². The van der Waals surface area contributed by atoms with Crippen molar-refractivity contribution in [2.24, 2.45) is 5.10 Å². The molecule has 108 valence electrons. The molecule has 0 unspecified atom stereocenters. The number of likely N-dealkylation sites (N-methyl/N-ethyl adjacent to an activating group) is 1. The van der Waals surface area contributed by atoms with E-state index in [0.29, 0.717) is 19.6 Å². The lowest BCUT2D eigenvalue weighted by molar-refractivity contribution is -0.132. The molecule has 20 heavy (non-hydrogen) atoms. The predicted molar refractivity (Wildman–Crippen MR) is 78.5 cm³/mol. The van der Waals surface area contributed by atoms with Crippen molar-refractivity contribution in [1.29, 1.82) is 0 Å². The number of benzene rings is 1. The van der Waals surface area contributed by atoms with Crippen molar-refractivity contribution in [3.63, 3.8) is 0 Å². The third kappa shape index (κ3) is 3.65. The summed E-state index contributed by atoms with van der Waals surface area (Å²) < 4.78 is 0. The molecule has 1 aliphatic rings. The van der Waals surface area contributed by atoms with Crippen LogP contribution in [0.15, 0.2) is 35.4 Å². The number of aliphatic hydroxyl groups is 1. The van der Waals surface area contributed by atoms with E-state index in [1.165, 1.54) is 0 Å². The maximum Gasteiger partial charge on any atom is 0.256 e. The first kappa shape index (κ1) is 14.7. The summed E-state index contributed by atoms with van der Waals surface area (Å²) in [5.41, 5.74) is 2.04. The predicted octanol–water partition coefficient (Wildman–Crippen LogP) is 0.937. The van der Waals surface area contributed by atoms with E-state index in [4.69, 9.17) is 5.11 Å². The van der Waals surface area contributed by atoms with Gasteiger partial charge in [0, 0.05) is 13.0 Å². The molecule has 0 saturated heterocycles. The van der Waals surface area contributed by atoms with Gasteiger partial charge in [0.2, 0.25) is 0 Å². The summed E-state index contributed by atoms with van der Waals surface area (Å²) in [5.74, 6) is -0.00812. The van der Waals surface area contributed by atoms with Gasteiger partial charge in [-0.3, -0.25) is 9.69 Å². The van der Waals surface area contributed by atoms with E-state index in [1.807, 2.05) is 42.2 Å². The molecular formula is C15H21N3O2. The zero-order valence-corrected chi connectivity index (χ0v) is 11.8. The number of amides is 1. The van der Waals surface area contributed by atoms with Gasteiger partial charge in [-0.1, -0.05) is 37.3 Å². The van der Waals surface area contributed by atoms with Crippen molar-refractivity contribution in [3.8, 4) is 0 Å². The fourth-order valence-electron chi connectivity index (χ4n) is 2.23. The highest BCUT2D eigenvalue weighted by Gasteiger charge is 2.22. The van der Waals surface area contributed by atoms with Crippen LogP contribution in [-0.2, 0) is 4.79 Å². The average molecular weight is 275 g/mol. The van der Waals surface area contributed by atoms with Crippen LogP contribution in [0.5, 0.6) is 0 Å². The molecule has 1 N–H and O–H groups in total. The molecule has 0 fully saturated rings. The Kier molecular flexibility index (Phi) is 5.26. The van der Waals surface area contributed by atoms with E-state index < -0.39 is 0 Å². The topological polar surface area (TPSA) is 56.1 Å². The third-order valence-electron chi connectivity index (χ3n) is 3.42. The minimum absolute atomic E-state index is 0.00812. The van der Waals surface area contributed by atoms with Crippen LogP contribution in [0.2, 0.25) is 0 Å². The monoisotopic (exact) mass is 275 g/mol. The Morgan fingerprint density at radius 1 is 1.40 bits per heavy atom. The number of carbonyl (C=O) groups is 1. The Labute approximate surface area is 119 Å². The number of carbonyl (C=O) groups excluding carboxylic acids is 1. The normalized spacial score (nSPS) is 14.8. The molecule has 1 aliphatic heterocycles. The average Bonchev–Trinajstić information content (AvgIpc) is 2.97. The van der Waals surface area contributed by atoms with Gasteiger partial charge in [-0.15, -0.1) is 0 Å². The molecule has 0 radical (unpaired) electrons. The molecule has 0 aromatic heterocycles. The van der Waals surface area contributed by atoms with Gasteiger partial charge in [0.05, 0.1) is 25.4 Å². The van der Waals surface area contributed by atoms with Crippen molar-refractivity contribution in [2.75, 3.05) is 32.8 Å². The summed E-state index contributed by atoms with van der Waals surface area (Å²) >= 11 is 0. The SMILES string of the molecule is CCN(CCO)CC(=O)N1CCC(c2ccccc2)=N1. The van der Waals surface area contributed by atoms with E-state index in [1.54, 1.807) is 5.01 Å². The van der Waals surface area contributed by atoms with Crippen LogP contribution < -0.4 is 0 Å². The fraction of sp³-hybridized carbons (Fsp3) is 0.467. The van der Waals surface area contributed by atoms with Crippen molar-refractivity contribution in [3.05, 3.63) is 35.9 Å². The molecule has 0 bridgehead atoms. The summed E-state index contributed by atoms with van der Waals surface area (Å²) in [6.45, 7) is 4.26. The summed E-state index contributed by atoms with van der Waals surface area (Å²) in [4.78, 5) is 14.1. The van der Waals surface area contributed by atoms with E-state index in [0.717, 1.165) is 24.2 Å². The number of hydrazone groups is 1.